The van der Waals surface area contributed by atoms with Crippen LogP contribution in [0.25, 0.3) is 11.4 Å². The predicted molar refractivity (Wildman–Crippen MR) is 131 cm³/mol. The van der Waals surface area contributed by atoms with Crippen molar-refractivity contribution in [3.63, 3.8) is 0 Å². The lowest BCUT2D eigenvalue weighted by atomic mass is 9.69. The molecule has 0 atom stereocenters. The highest BCUT2D eigenvalue weighted by Gasteiger charge is 2.50. The summed E-state index contributed by atoms with van der Waals surface area (Å²) < 4.78 is 0. The van der Waals surface area contributed by atoms with Crippen LogP contribution in [0.15, 0.2) is 67.0 Å². The van der Waals surface area contributed by atoms with E-state index < -0.39 is 0 Å². The fourth-order valence-corrected chi connectivity index (χ4v) is 5.42. The van der Waals surface area contributed by atoms with Crippen molar-refractivity contribution in [3.05, 3.63) is 78.1 Å². The number of hydrogen-bond acceptors (Lipinski definition) is 5. The Balaban J connectivity index is 1.33. The van der Waals surface area contributed by atoms with Crippen LogP contribution in [0.5, 0.6) is 0 Å². The molecule has 2 amide bonds. The summed E-state index contributed by atoms with van der Waals surface area (Å²) in [4.78, 5) is 26.0. The third-order valence-electron chi connectivity index (χ3n) is 7.48. The number of anilines is 1. The van der Waals surface area contributed by atoms with Crippen molar-refractivity contribution >= 4 is 11.7 Å². The minimum atomic E-state index is -0.245. The summed E-state index contributed by atoms with van der Waals surface area (Å²) in [5.41, 5.74) is 3.09. The number of rotatable bonds is 4. The first-order valence-corrected chi connectivity index (χ1v) is 11.6. The number of carbonyl (C=O) groups is 1. The van der Waals surface area contributed by atoms with Crippen molar-refractivity contribution in [1.82, 2.24) is 20.2 Å². The fraction of sp³-hybridized carbons (Fsp3) is 0.333. The monoisotopic (exact) mass is 452 g/mol. The van der Waals surface area contributed by atoms with Crippen LogP contribution in [0.4, 0.5) is 10.5 Å². The first-order chi connectivity index (χ1) is 16.4. The van der Waals surface area contributed by atoms with Gasteiger partial charge in [-0.3, -0.25) is 9.80 Å². The average molecular weight is 453 g/mol. The fourth-order valence-electron chi connectivity index (χ4n) is 5.42. The van der Waals surface area contributed by atoms with Gasteiger partial charge in [-0.25, -0.2) is 14.8 Å². The van der Waals surface area contributed by atoms with Gasteiger partial charge in [-0.1, -0.05) is 42.5 Å². The van der Waals surface area contributed by atoms with E-state index in [0.29, 0.717) is 23.6 Å². The zero-order valence-corrected chi connectivity index (χ0v) is 19.5. The van der Waals surface area contributed by atoms with Gasteiger partial charge >= 0.3 is 6.03 Å². The van der Waals surface area contributed by atoms with Gasteiger partial charge in [-0.05, 0) is 57.5 Å². The second kappa shape index (κ2) is 8.54. The molecule has 1 saturated heterocycles. The molecular weight excluding hydrogens is 424 g/mol. The van der Waals surface area contributed by atoms with Crippen molar-refractivity contribution in [2.75, 3.05) is 25.5 Å². The highest BCUT2D eigenvalue weighted by molar-refractivity contribution is 5.95. The molecule has 2 aromatic carbocycles. The number of nitriles is 1. The third kappa shape index (κ3) is 3.80. The lowest BCUT2D eigenvalue weighted by Crippen LogP contribution is -2.54. The summed E-state index contributed by atoms with van der Waals surface area (Å²) in [6.45, 7) is 0.608. The average Bonchev–Trinajstić information content (AvgIpc) is 3.20. The first kappa shape index (κ1) is 22.1. The highest BCUT2D eigenvalue weighted by atomic mass is 16.2. The standard InChI is InChI=1S/C27H28N6O/c1-32(2)27(22-9-4-3-5-10-22)13-11-26(12-14-27)19-33(25(34)31-26)23-17-29-24(30-18-23)21-8-6-7-20(15-21)16-28/h3-10,15,17-18H,11-14,19H2,1-2H3,(H,31,34)/t26-,27-. The summed E-state index contributed by atoms with van der Waals surface area (Å²) in [6.07, 6.45) is 7.14. The lowest BCUT2D eigenvalue weighted by Gasteiger charge is -2.48. The summed E-state index contributed by atoms with van der Waals surface area (Å²) in [5, 5.41) is 12.4. The molecule has 1 saturated carbocycles. The Morgan fingerprint density at radius 3 is 2.35 bits per heavy atom. The van der Waals surface area contributed by atoms with Gasteiger partial charge in [0, 0.05) is 11.1 Å². The second-order valence-corrected chi connectivity index (χ2v) is 9.55. The summed E-state index contributed by atoms with van der Waals surface area (Å²) in [7, 11) is 4.30. The number of nitrogens with one attached hydrogen (secondary N) is 1. The van der Waals surface area contributed by atoms with Crippen molar-refractivity contribution < 1.29 is 4.79 Å². The molecule has 3 aromatic rings. The van der Waals surface area contributed by atoms with Gasteiger partial charge in [-0.15, -0.1) is 0 Å². The quantitative estimate of drug-likeness (QED) is 0.637. The number of amides is 2. The Hall–Kier alpha value is -3.76. The van der Waals surface area contributed by atoms with Crippen LogP contribution in [-0.4, -0.2) is 47.1 Å². The molecule has 1 aliphatic carbocycles. The van der Waals surface area contributed by atoms with E-state index in [2.05, 4.69) is 70.7 Å². The predicted octanol–water partition coefficient (Wildman–Crippen LogP) is 4.31. The van der Waals surface area contributed by atoms with Crippen LogP contribution < -0.4 is 10.2 Å². The maximum atomic E-state index is 13.0. The van der Waals surface area contributed by atoms with Gasteiger partial charge < -0.3 is 5.32 Å². The van der Waals surface area contributed by atoms with Crippen LogP contribution in [0, 0.1) is 11.3 Å². The number of carbonyl (C=O) groups excluding carboxylic acids is 1. The SMILES string of the molecule is CN(C)[C@]1(c2ccccc2)CC[C@@]2(CC1)CN(c1cnc(-c3cccc(C#N)c3)nc1)C(=O)N2. The summed E-state index contributed by atoms with van der Waals surface area (Å²) in [5.74, 6) is 0.534. The number of nitrogens with zero attached hydrogens (tertiary/aromatic N) is 5. The van der Waals surface area contributed by atoms with E-state index >= 15 is 0 Å². The van der Waals surface area contributed by atoms with Crippen LogP contribution in [0.2, 0.25) is 0 Å². The molecule has 34 heavy (non-hydrogen) atoms. The number of benzene rings is 2. The molecule has 2 heterocycles. The van der Waals surface area contributed by atoms with E-state index in [9.17, 15) is 4.79 Å². The van der Waals surface area contributed by atoms with Gasteiger partial charge in [0.1, 0.15) is 0 Å². The third-order valence-corrected chi connectivity index (χ3v) is 7.48. The zero-order chi connectivity index (χ0) is 23.8. The molecule has 7 nitrogen and oxygen atoms in total. The van der Waals surface area contributed by atoms with Crippen molar-refractivity contribution in [2.45, 2.75) is 36.8 Å². The minimum Gasteiger partial charge on any atom is -0.330 e. The molecule has 7 heteroatoms. The topological polar surface area (TPSA) is 85.2 Å². The van der Waals surface area contributed by atoms with Crippen LogP contribution in [0.1, 0.15) is 36.8 Å². The molecular formula is C27H28N6O. The number of urea groups is 1. The molecule has 2 fully saturated rings. The van der Waals surface area contributed by atoms with E-state index in [1.165, 1.54) is 5.56 Å². The molecule has 5 rings (SSSR count). The minimum absolute atomic E-state index is 0.0205. The molecule has 0 bridgehead atoms. The van der Waals surface area contributed by atoms with Crippen molar-refractivity contribution in [1.29, 1.82) is 5.26 Å². The largest absolute Gasteiger partial charge is 0.330 e. The van der Waals surface area contributed by atoms with E-state index in [0.717, 1.165) is 31.2 Å². The maximum absolute atomic E-state index is 13.0. The zero-order valence-electron chi connectivity index (χ0n) is 19.5. The summed E-state index contributed by atoms with van der Waals surface area (Å²) in [6, 6.07) is 19.9. The van der Waals surface area contributed by atoms with E-state index in [1.54, 1.807) is 29.4 Å². The number of hydrogen-bond donors (Lipinski definition) is 1. The smallest absolute Gasteiger partial charge is 0.322 e. The van der Waals surface area contributed by atoms with Gasteiger partial charge in [0.05, 0.1) is 41.8 Å². The van der Waals surface area contributed by atoms with Crippen molar-refractivity contribution in [2.24, 2.45) is 0 Å². The molecule has 0 unspecified atom stereocenters. The highest BCUT2D eigenvalue weighted by Crippen LogP contribution is 2.46. The Morgan fingerprint density at radius 1 is 1.00 bits per heavy atom. The van der Waals surface area contributed by atoms with Crippen LogP contribution in [0.3, 0.4) is 0 Å². The molecule has 172 valence electrons. The maximum Gasteiger partial charge on any atom is 0.322 e. The molecule has 1 spiro atoms. The first-order valence-electron chi connectivity index (χ1n) is 11.6. The Bertz CT molecular complexity index is 1220. The Kier molecular flexibility index (Phi) is 5.54. The van der Waals surface area contributed by atoms with E-state index in [1.807, 2.05) is 12.1 Å². The summed E-state index contributed by atoms with van der Waals surface area (Å²) >= 11 is 0. The Labute approximate surface area is 200 Å². The van der Waals surface area contributed by atoms with Gasteiger partial charge in [0.15, 0.2) is 5.82 Å². The Morgan fingerprint density at radius 2 is 1.71 bits per heavy atom. The van der Waals surface area contributed by atoms with E-state index in [-0.39, 0.29) is 17.1 Å². The van der Waals surface area contributed by atoms with Gasteiger partial charge in [0.25, 0.3) is 0 Å². The second-order valence-electron chi connectivity index (χ2n) is 9.55. The molecule has 2 aliphatic rings. The van der Waals surface area contributed by atoms with Gasteiger partial charge in [-0.2, -0.15) is 5.26 Å². The number of aromatic nitrogens is 2. The molecule has 1 aliphatic heterocycles. The van der Waals surface area contributed by atoms with E-state index in [4.69, 9.17) is 5.26 Å². The van der Waals surface area contributed by atoms with Crippen LogP contribution >= 0.6 is 0 Å². The van der Waals surface area contributed by atoms with Crippen molar-refractivity contribution in [3.8, 4) is 17.5 Å². The lowest BCUT2D eigenvalue weighted by molar-refractivity contribution is 0.0658. The molecule has 1 N–H and O–H groups in total. The van der Waals surface area contributed by atoms with Gasteiger partial charge in [0.2, 0.25) is 0 Å². The molecule has 1 aromatic heterocycles. The van der Waals surface area contributed by atoms with Crippen LogP contribution in [-0.2, 0) is 5.54 Å². The normalized spacial score (nSPS) is 24.3. The molecule has 0 radical (unpaired) electrons.